The van der Waals surface area contributed by atoms with E-state index in [1.807, 2.05) is 58.2 Å². The summed E-state index contributed by atoms with van der Waals surface area (Å²) < 4.78 is 5.42. The third-order valence-electron chi connectivity index (χ3n) is 2.91. The fourth-order valence-electron chi connectivity index (χ4n) is 1.48. The molecule has 32 heavy (non-hydrogen) atoms. The van der Waals surface area contributed by atoms with Crippen molar-refractivity contribution in [1.82, 2.24) is 44.8 Å². The molecule has 0 bridgehead atoms. The second kappa shape index (κ2) is 22.4. The lowest BCUT2D eigenvalue weighted by Gasteiger charge is -2.01. The number of carbonyl (C=O) groups is 2. The highest BCUT2D eigenvalue weighted by Crippen LogP contribution is 1.98. The summed E-state index contributed by atoms with van der Waals surface area (Å²) in [4.78, 5) is 19.8. The summed E-state index contributed by atoms with van der Waals surface area (Å²) in [5.41, 5.74) is 5.11. The van der Waals surface area contributed by atoms with Crippen LogP contribution in [0.5, 0.6) is 0 Å². The van der Waals surface area contributed by atoms with Crippen molar-refractivity contribution in [2.24, 2.45) is 5.73 Å². The number of aromatic nitrogens is 9. The van der Waals surface area contributed by atoms with E-state index in [2.05, 4.69) is 58.4 Å². The topological polar surface area (TPSA) is 152 Å². The molecule has 0 aliphatic heterocycles. The van der Waals surface area contributed by atoms with E-state index in [1.165, 1.54) is 0 Å². The predicted octanol–water partition coefficient (Wildman–Crippen LogP) is 2.56. The van der Waals surface area contributed by atoms with Crippen molar-refractivity contribution in [1.29, 1.82) is 0 Å². The first-order chi connectivity index (χ1) is 15.1. The Hall–Kier alpha value is -3.28. The molecular weight excluding hydrogens is 412 g/mol. The van der Waals surface area contributed by atoms with Crippen LogP contribution in [0.25, 0.3) is 0 Å². The molecule has 2 N–H and O–H groups in total. The van der Waals surface area contributed by atoms with Crippen LogP contribution < -0.4 is 5.73 Å². The summed E-state index contributed by atoms with van der Waals surface area (Å²) >= 11 is 0. The number of carbonyl (C=O) groups excluding carboxylic acids is 2. The molecule has 0 aromatic carbocycles. The van der Waals surface area contributed by atoms with Crippen molar-refractivity contribution in [3.8, 4) is 0 Å². The summed E-state index contributed by atoms with van der Waals surface area (Å²) in [5.74, 6) is 0. The lowest BCUT2D eigenvalue weighted by Crippen LogP contribution is -2.06. The largest absolute Gasteiger partial charge is 0.328 e. The van der Waals surface area contributed by atoms with Gasteiger partial charge >= 0.3 is 0 Å². The highest BCUT2D eigenvalue weighted by atomic mass is 16.1. The molecule has 3 heterocycles. The summed E-state index contributed by atoms with van der Waals surface area (Å²) in [6.45, 7) is 20.3. The van der Waals surface area contributed by atoms with Gasteiger partial charge in [0.1, 0.15) is 32.6 Å². The van der Waals surface area contributed by atoms with Gasteiger partial charge in [0.25, 0.3) is 0 Å². The van der Waals surface area contributed by atoms with Crippen LogP contribution in [0.4, 0.5) is 0 Å². The van der Waals surface area contributed by atoms with E-state index in [9.17, 15) is 0 Å². The molecule has 0 radical (unpaired) electrons. The maximum absolute atomic E-state index is 8.00. The second-order valence-corrected chi connectivity index (χ2v) is 7.18. The van der Waals surface area contributed by atoms with Crippen molar-refractivity contribution in [3.05, 3.63) is 37.4 Å². The molecule has 12 heteroatoms. The number of hydrogen-bond acceptors (Lipinski definition) is 9. The standard InChI is InChI=1S/C6H10N2.C5H9N3.C4H8N4.C3H9N.2CH2O/c1-6(2)8-5-3-4-7-8;1-5(2)8-4-6-3-7-8;1-4(2)8-3-5-6-7-8;1-3(2)4;2*1-2/h3-6H,1-2H3;3-5H,1-2H3;3-4H,1-2H3;3H,4H2,1-2H3;2*1H2. The Kier molecular flexibility index (Phi) is 23.4. The van der Waals surface area contributed by atoms with Crippen LogP contribution >= 0.6 is 0 Å². The van der Waals surface area contributed by atoms with Gasteiger partial charge < -0.3 is 15.3 Å². The predicted molar refractivity (Wildman–Crippen MR) is 125 cm³/mol. The van der Waals surface area contributed by atoms with Gasteiger partial charge in [0, 0.05) is 30.5 Å². The van der Waals surface area contributed by atoms with Crippen LogP contribution in [0.1, 0.15) is 73.5 Å². The van der Waals surface area contributed by atoms with Gasteiger partial charge in [-0.2, -0.15) is 10.2 Å². The molecule has 3 aromatic rings. The first-order valence-electron chi connectivity index (χ1n) is 10.0. The molecule has 0 amide bonds. The number of nitrogens with zero attached hydrogens (tertiary/aromatic N) is 9. The van der Waals surface area contributed by atoms with Gasteiger partial charge in [-0.1, -0.05) is 13.8 Å². The van der Waals surface area contributed by atoms with E-state index in [1.54, 1.807) is 34.5 Å². The molecule has 0 spiro atoms. The minimum absolute atomic E-state index is 0.333. The molecule has 0 atom stereocenters. The zero-order valence-electron chi connectivity index (χ0n) is 20.6. The van der Waals surface area contributed by atoms with Crippen molar-refractivity contribution >= 4 is 13.6 Å². The lowest BCUT2D eigenvalue weighted by atomic mass is 10.4. The quantitative estimate of drug-likeness (QED) is 0.631. The van der Waals surface area contributed by atoms with Crippen LogP contribution in [0, 0.1) is 0 Å². The van der Waals surface area contributed by atoms with Gasteiger partial charge in [-0.15, -0.1) is 5.10 Å². The Morgan fingerprint density at radius 2 is 1.25 bits per heavy atom. The first kappa shape index (κ1) is 33.4. The number of rotatable bonds is 3. The molecule has 0 unspecified atom stereocenters. The van der Waals surface area contributed by atoms with Crippen LogP contribution in [0.15, 0.2) is 37.4 Å². The molecule has 0 saturated carbocycles. The van der Waals surface area contributed by atoms with Crippen LogP contribution in [-0.4, -0.2) is 64.4 Å². The van der Waals surface area contributed by atoms with Crippen molar-refractivity contribution in [2.45, 2.75) is 79.6 Å². The molecule has 0 saturated heterocycles. The summed E-state index contributed by atoms with van der Waals surface area (Å²) in [7, 11) is 0. The monoisotopic (exact) mass is 452 g/mol. The Morgan fingerprint density at radius 3 is 1.44 bits per heavy atom. The maximum Gasteiger partial charge on any atom is 0.138 e. The van der Waals surface area contributed by atoms with Crippen LogP contribution in [-0.2, 0) is 9.59 Å². The molecule has 0 aliphatic carbocycles. The fourth-order valence-corrected chi connectivity index (χ4v) is 1.48. The first-order valence-corrected chi connectivity index (χ1v) is 10.0. The Morgan fingerprint density at radius 1 is 0.750 bits per heavy atom. The zero-order valence-corrected chi connectivity index (χ0v) is 20.6. The van der Waals surface area contributed by atoms with Crippen molar-refractivity contribution in [3.63, 3.8) is 0 Å². The lowest BCUT2D eigenvalue weighted by molar-refractivity contribution is -0.0987. The second-order valence-electron chi connectivity index (χ2n) is 7.18. The van der Waals surface area contributed by atoms with E-state index in [-0.39, 0.29) is 0 Å². The smallest absolute Gasteiger partial charge is 0.138 e. The normalized spacial score (nSPS) is 9.16. The van der Waals surface area contributed by atoms with Crippen LogP contribution in [0.2, 0.25) is 0 Å². The third-order valence-corrected chi connectivity index (χ3v) is 2.91. The highest BCUT2D eigenvalue weighted by molar-refractivity contribution is 5.11. The van der Waals surface area contributed by atoms with Gasteiger partial charge in [0.15, 0.2) is 0 Å². The van der Waals surface area contributed by atoms with E-state index < -0.39 is 0 Å². The molecule has 3 rings (SSSR count). The van der Waals surface area contributed by atoms with Gasteiger partial charge in [0.05, 0.1) is 0 Å². The average Bonchev–Trinajstić information content (AvgIpc) is 3.55. The van der Waals surface area contributed by atoms with E-state index in [0.29, 0.717) is 24.2 Å². The van der Waals surface area contributed by atoms with E-state index in [4.69, 9.17) is 15.3 Å². The molecule has 182 valence electrons. The van der Waals surface area contributed by atoms with E-state index in [0.717, 1.165) is 0 Å². The SMILES string of the molecule is C=O.C=O.CC(C)N.CC(C)n1cccn1.CC(C)n1cncn1.CC(C)n1cnnn1. The fraction of sp³-hybridized carbons (Fsp3) is 0.600. The minimum atomic E-state index is 0.333. The Labute approximate surface area is 191 Å². The van der Waals surface area contributed by atoms with Gasteiger partial charge in [-0.3, -0.25) is 9.36 Å². The third kappa shape index (κ3) is 20.0. The van der Waals surface area contributed by atoms with Gasteiger partial charge in [-0.25, -0.2) is 9.67 Å². The minimum Gasteiger partial charge on any atom is -0.328 e. The van der Waals surface area contributed by atoms with Crippen LogP contribution in [0.3, 0.4) is 0 Å². The molecular formula is C20H40N10O2. The number of tetrazole rings is 1. The Bertz CT molecular complexity index is 601. The maximum atomic E-state index is 8.00. The highest BCUT2D eigenvalue weighted by Gasteiger charge is 1.94. The summed E-state index contributed by atoms with van der Waals surface area (Å²) in [6.07, 6.45) is 8.61. The zero-order chi connectivity index (χ0) is 25.5. The summed E-state index contributed by atoms with van der Waals surface area (Å²) in [6, 6.07) is 3.55. The van der Waals surface area contributed by atoms with Gasteiger partial charge in [-0.05, 0) is 64.1 Å². The molecule has 3 aromatic heterocycles. The van der Waals surface area contributed by atoms with E-state index >= 15 is 0 Å². The summed E-state index contributed by atoms with van der Waals surface area (Å²) in [5, 5.41) is 18.6. The number of nitrogens with two attached hydrogens (primary N) is 1. The Balaban J connectivity index is -0.000000340. The number of hydrogen-bond donors (Lipinski definition) is 1. The van der Waals surface area contributed by atoms with Crippen molar-refractivity contribution < 1.29 is 9.59 Å². The molecule has 12 nitrogen and oxygen atoms in total. The molecule has 0 aliphatic rings. The van der Waals surface area contributed by atoms with Gasteiger partial charge in [0.2, 0.25) is 0 Å². The van der Waals surface area contributed by atoms with Crippen molar-refractivity contribution in [2.75, 3.05) is 0 Å². The molecule has 0 fully saturated rings. The average molecular weight is 453 g/mol.